The van der Waals surface area contributed by atoms with E-state index in [9.17, 15) is 19.5 Å². The molecule has 0 aliphatic heterocycles. The van der Waals surface area contributed by atoms with Gasteiger partial charge >= 0.3 is 71.1 Å². The third kappa shape index (κ3) is 11.6. The summed E-state index contributed by atoms with van der Waals surface area (Å²) < 4.78 is 5.80. The van der Waals surface area contributed by atoms with E-state index in [0.29, 0.717) is 23.8 Å². The zero-order valence-corrected chi connectivity index (χ0v) is 30.0. The van der Waals surface area contributed by atoms with E-state index in [1.54, 1.807) is 6.07 Å². The van der Waals surface area contributed by atoms with Crippen LogP contribution >= 0.6 is 0 Å². The maximum atomic E-state index is 12.7. The van der Waals surface area contributed by atoms with Gasteiger partial charge in [-0.2, -0.15) is 0 Å². The summed E-state index contributed by atoms with van der Waals surface area (Å²) in [5.41, 5.74) is 4.29. The zero-order valence-electron chi connectivity index (χ0n) is 28.0. The third-order valence-corrected chi connectivity index (χ3v) is 7.71. The Morgan fingerprint density at radius 2 is 1.48 bits per heavy atom. The van der Waals surface area contributed by atoms with Gasteiger partial charge in [0.1, 0.15) is 5.58 Å². The van der Waals surface area contributed by atoms with Crippen molar-refractivity contribution in [2.24, 2.45) is 0 Å². The monoisotopic (exact) mass is 596 g/mol. The molecule has 1 atom stereocenters. The van der Waals surface area contributed by atoms with Crippen molar-refractivity contribution in [1.29, 1.82) is 0 Å². The number of benzene rings is 2. The molecular weight excluding hydrogens is 550 g/mol. The summed E-state index contributed by atoms with van der Waals surface area (Å²) in [6.45, 7) is 4.28. The van der Waals surface area contributed by atoms with E-state index in [2.05, 4.69) is 31.2 Å². The molecule has 1 aromatic heterocycles. The van der Waals surface area contributed by atoms with Crippen molar-refractivity contribution < 1.29 is 86.2 Å². The van der Waals surface area contributed by atoms with Gasteiger partial charge in [0.05, 0.1) is 5.39 Å². The first-order valence-electron chi connectivity index (χ1n) is 15.0. The van der Waals surface area contributed by atoms with Crippen LogP contribution in [0.25, 0.3) is 11.0 Å². The number of hydrogen-bond acceptors (Lipinski definition) is 4. The predicted octanol–water partition coefficient (Wildman–Crippen LogP) is 2.75. The van der Waals surface area contributed by atoms with Crippen LogP contribution in [-0.4, -0.2) is 22.2 Å². The van der Waals surface area contributed by atoms with Crippen LogP contribution in [0.15, 0.2) is 51.7 Å². The second-order valence-electron chi connectivity index (χ2n) is 10.8. The molecule has 0 aliphatic rings. The van der Waals surface area contributed by atoms with Crippen molar-refractivity contribution >= 4 is 22.9 Å². The Kier molecular flexibility index (Phi) is 18.9. The van der Waals surface area contributed by atoms with Crippen molar-refractivity contribution in [3.8, 4) is 0 Å². The minimum atomic E-state index is -1.27. The second-order valence-corrected chi connectivity index (χ2v) is 10.8. The molecule has 0 bridgehead atoms. The molecule has 2 aromatic carbocycles. The fourth-order valence-electron chi connectivity index (χ4n) is 5.56. The fraction of sp³-hybridized carbons (Fsp3) is 0.500. The normalized spacial score (nSPS) is 11.5. The summed E-state index contributed by atoms with van der Waals surface area (Å²) in [4.78, 5) is 35.5. The molecule has 0 aliphatic carbocycles. The van der Waals surface area contributed by atoms with E-state index in [0.717, 1.165) is 48.4 Å². The molecule has 1 heterocycles. The molecule has 0 saturated carbocycles. The van der Waals surface area contributed by atoms with Gasteiger partial charge in [-0.15, -0.1) is 0 Å². The minimum absolute atomic E-state index is 0. The van der Waals surface area contributed by atoms with Gasteiger partial charge in [0, 0.05) is 18.4 Å². The Bertz CT molecular complexity index is 1330. The average Bonchev–Trinajstić information content (AvgIpc) is 2.93. The van der Waals surface area contributed by atoms with Crippen LogP contribution in [0.5, 0.6) is 0 Å². The largest absolute Gasteiger partial charge is 1.00 e. The molecule has 1 unspecified atom stereocenters. The number of aliphatic carboxylic acids is 1. The van der Waals surface area contributed by atoms with Gasteiger partial charge in [-0.05, 0) is 60.4 Å². The SMILES string of the molecule is CCCCCCCCCc1ccc(C(CCCCC(=O)O)c2ccc3c(=O)cc(C(=O)O)oc3c2CCC)cc1.[H-].[H-].[Na+].[Na+]. The van der Waals surface area contributed by atoms with Crippen LogP contribution in [0, 0.1) is 0 Å². The number of aryl methyl sites for hydroxylation is 2. The van der Waals surface area contributed by atoms with Crippen molar-refractivity contribution in [3.63, 3.8) is 0 Å². The van der Waals surface area contributed by atoms with Gasteiger partial charge in [-0.25, -0.2) is 4.79 Å². The maximum absolute atomic E-state index is 12.7. The number of carboxylic acids is 2. The topological polar surface area (TPSA) is 105 Å². The van der Waals surface area contributed by atoms with E-state index in [1.807, 2.05) is 13.0 Å². The molecule has 42 heavy (non-hydrogen) atoms. The van der Waals surface area contributed by atoms with Gasteiger partial charge in [-0.3, -0.25) is 9.59 Å². The van der Waals surface area contributed by atoms with E-state index in [4.69, 9.17) is 9.52 Å². The van der Waals surface area contributed by atoms with E-state index < -0.39 is 11.9 Å². The number of hydrogen-bond donors (Lipinski definition) is 2. The van der Waals surface area contributed by atoms with Gasteiger partial charge in [0.25, 0.3) is 0 Å². The first-order valence-corrected chi connectivity index (χ1v) is 15.0. The summed E-state index contributed by atoms with van der Waals surface area (Å²) >= 11 is 0. The van der Waals surface area contributed by atoms with Gasteiger partial charge in [0.2, 0.25) is 5.76 Å². The van der Waals surface area contributed by atoms with Crippen LogP contribution in [0.2, 0.25) is 0 Å². The molecule has 2 N–H and O–H groups in total. The van der Waals surface area contributed by atoms with Crippen LogP contribution in [-0.2, 0) is 17.6 Å². The quantitative estimate of drug-likeness (QED) is 0.173. The first kappa shape index (κ1) is 38.6. The van der Waals surface area contributed by atoms with Gasteiger partial charge < -0.3 is 17.5 Å². The molecule has 0 radical (unpaired) electrons. The first-order chi connectivity index (χ1) is 19.3. The van der Waals surface area contributed by atoms with Crippen LogP contribution in [0.3, 0.4) is 0 Å². The van der Waals surface area contributed by atoms with E-state index in [1.165, 1.54) is 50.5 Å². The van der Waals surface area contributed by atoms with Crippen LogP contribution in [0.1, 0.15) is 132 Å². The van der Waals surface area contributed by atoms with E-state index in [-0.39, 0.29) is 85.5 Å². The smallest absolute Gasteiger partial charge is 1.00 e. The molecule has 0 saturated heterocycles. The Hall–Kier alpha value is -1.41. The van der Waals surface area contributed by atoms with Crippen LogP contribution < -0.4 is 64.5 Å². The van der Waals surface area contributed by atoms with Gasteiger partial charge in [0.15, 0.2) is 5.43 Å². The zero-order chi connectivity index (χ0) is 28.9. The number of aromatic carboxylic acids is 1. The standard InChI is InChI=1S/C34H44O6.2Na.2H/c1-3-5-6-7-8-9-10-14-24-17-19-25(20-18-24)26(15-11-12-16-32(36)37)27-21-22-29-30(35)23-31(34(38)39)40-33(29)28(27)13-4-2;;;;/h17-23,26H,3-16H2,1-2H3,(H,36,37)(H,38,39);;;;/q;2*+1;2*-1. The molecular formula is C34H46Na2O6. The number of rotatable bonds is 18. The maximum Gasteiger partial charge on any atom is 1.00 e. The summed E-state index contributed by atoms with van der Waals surface area (Å²) in [7, 11) is 0. The van der Waals surface area contributed by atoms with Gasteiger partial charge in [-0.1, -0.05) is 95.5 Å². The van der Waals surface area contributed by atoms with Crippen LogP contribution in [0.4, 0.5) is 0 Å². The van der Waals surface area contributed by atoms with Crippen molar-refractivity contribution in [2.45, 2.75) is 110 Å². The fourth-order valence-corrected chi connectivity index (χ4v) is 5.56. The number of unbranched alkanes of at least 4 members (excludes halogenated alkanes) is 7. The molecule has 0 fully saturated rings. The molecule has 8 heteroatoms. The van der Waals surface area contributed by atoms with Crippen molar-refractivity contribution in [2.75, 3.05) is 0 Å². The Morgan fingerprint density at radius 1 is 0.810 bits per heavy atom. The Morgan fingerprint density at radius 3 is 2.10 bits per heavy atom. The molecule has 0 amide bonds. The molecule has 0 spiro atoms. The van der Waals surface area contributed by atoms with Crippen molar-refractivity contribution in [3.05, 3.63) is 80.7 Å². The molecule has 3 aromatic rings. The summed E-state index contributed by atoms with van der Waals surface area (Å²) in [5.74, 6) is -2.45. The second kappa shape index (κ2) is 20.5. The average molecular weight is 597 g/mol. The predicted molar refractivity (Wildman–Crippen MR) is 162 cm³/mol. The molecule has 6 nitrogen and oxygen atoms in total. The third-order valence-electron chi connectivity index (χ3n) is 7.71. The number of carboxylic acid groups (broad SMARTS) is 2. The Balaban J connectivity index is 0. The number of fused-ring (bicyclic) bond motifs is 1. The van der Waals surface area contributed by atoms with E-state index >= 15 is 0 Å². The summed E-state index contributed by atoms with van der Waals surface area (Å²) in [5, 5.41) is 19.0. The number of carbonyl (C=O) groups is 2. The molecule has 3 rings (SSSR count). The summed E-state index contributed by atoms with van der Waals surface area (Å²) in [6.07, 6.45) is 13.6. The Labute approximate surface area is 297 Å². The van der Waals surface area contributed by atoms with Crippen molar-refractivity contribution in [1.82, 2.24) is 0 Å². The minimum Gasteiger partial charge on any atom is -1.00 e. The molecule has 220 valence electrons. The summed E-state index contributed by atoms with van der Waals surface area (Å²) in [6, 6.07) is 13.5.